The van der Waals surface area contributed by atoms with Crippen LogP contribution in [-0.2, 0) is 9.53 Å². The smallest absolute Gasteiger partial charge is 0.339 e. The molecule has 0 aliphatic heterocycles. The summed E-state index contributed by atoms with van der Waals surface area (Å²) in [4.78, 5) is 23.7. The molecule has 1 aromatic carbocycles. The molecule has 1 aromatic rings. The van der Waals surface area contributed by atoms with Crippen LogP contribution in [0, 0.1) is 0 Å². The third kappa shape index (κ3) is 5.38. The Balaban J connectivity index is 2.59. The Bertz CT molecular complexity index is 500. The zero-order chi connectivity index (χ0) is 15.8. The van der Waals surface area contributed by atoms with Gasteiger partial charge >= 0.3 is 5.97 Å². The van der Waals surface area contributed by atoms with E-state index in [0.717, 1.165) is 12.8 Å². The molecule has 0 aliphatic rings. The summed E-state index contributed by atoms with van der Waals surface area (Å²) in [5.74, 6) is -0.317. The van der Waals surface area contributed by atoms with E-state index < -0.39 is 5.97 Å². The van der Waals surface area contributed by atoms with Crippen LogP contribution in [0.4, 0.5) is 0 Å². The minimum Gasteiger partial charge on any atom is -0.497 e. The van der Waals surface area contributed by atoms with Crippen molar-refractivity contribution < 1.29 is 19.1 Å². The topological polar surface area (TPSA) is 64.6 Å². The molecule has 116 valence electrons. The number of hydrogen-bond donors (Lipinski definition) is 1. The van der Waals surface area contributed by atoms with Crippen molar-refractivity contribution in [2.45, 2.75) is 32.7 Å². The van der Waals surface area contributed by atoms with Gasteiger partial charge in [-0.3, -0.25) is 4.79 Å². The molecule has 1 rings (SSSR count). The molecule has 0 saturated carbocycles. The number of esters is 1. The Labute approximate surface area is 133 Å². The summed E-state index contributed by atoms with van der Waals surface area (Å²) >= 11 is 3.27. The first kappa shape index (κ1) is 17.5. The number of hydrogen-bond acceptors (Lipinski definition) is 4. The highest BCUT2D eigenvalue weighted by molar-refractivity contribution is 9.10. The van der Waals surface area contributed by atoms with Gasteiger partial charge in [-0.15, -0.1) is 0 Å². The largest absolute Gasteiger partial charge is 0.497 e. The van der Waals surface area contributed by atoms with Crippen molar-refractivity contribution in [3.05, 3.63) is 28.2 Å². The van der Waals surface area contributed by atoms with Crippen LogP contribution in [-0.4, -0.2) is 31.6 Å². The highest BCUT2D eigenvalue weighted by Gasteiger charge is 2.15. The van der Waals surface area contributed by atoms with Gasteiger partial charge < -0.3 is 14.8 Å². The van der Waals surface area contributed by atoms with Gasteiger partial charge in [0.2, 0.25) is 0 Å². The Morgan fingerprint density at radius 1 is 1.29 bits per heavy atom. The summed E-state index contributed by atoms with van der Waals surface area (Å²) in [5, 5.41) is 2.81. The second kappa shape index (κ2) is 8.67. The predicted molar refractivity (Wildman–Crippen MR) is 83.5 cm³/mol. The van der Waals surface area contributed by atoms with E-state index in [4.69, 9.17) is 9.47 Å². The monoisotopic (exact) mass is 357 g/mol. The second-order valence-corrected chi connectivity index (χ2v) is 5.36. The second-order valence-electron chi connectivity index (χ2n) is 4.50. The Kier molecular flexibility index (Phi) is 7.22. The fourth-order valence-corrected chi connectivity index (χ4v) is 2.17. The molecule has 0 atom stereocenters. The summed E-state index contributed by atoms with van der Waals surface area (Å²) in [6.45, 7) is 3.70. The SMILES string of the molecule is CCC(CC)NC(=O)COC(=O)c1cc(OC)ccc1Br. The third-order valence-corrected chi connectivity index (χ3v) is 3.77. The molecule has 1 N–H and O–H groups in total. The minimum absolute atomic E-state index is 0.111. The zero-order valence-corrected chi connectivity index (χ0v) is 14.0. The first-order valence-electron chi connectivity index (χ1n) is 6.81. The maximum atomic E-state index is 12.0. The maximum Gasteiger partial charge on any atom is 0.339 e. The van der Waals surface area contributed by atoms with E-state index in [-0.39, 0.29) is 18.6 Å². The molecule has 0 heterocycles. The fraction of sp³-hybridized carbons (Fsp3) is 0.467. The average Bonchev–Trinajstić information content (AvgIpc) is 2.50. The predicted octanol–water partition coefficient (Wildman–Crippen LogP) is 2.92. The van der Waals surface area contributed by atoms with E-state index in [2.05, 4.69) is 21.2 Å². The van der Waals surface area contributed by atoms with E-state index in [0.29, 0.717) is 15.8 Å². The highest BCUT2D eigenvalue weighted by atomic mass is 79.9. The summed E-state index contributed by atoms with van der Waals surface area (Å²) in [6.07, 6.45) is 1.69. The molecule has 1 amide bonds. The standard InChI is InChI=1S/C15H20BrNO4/c1-4-10(5-2)17-14(18)9-21-15(19)12-8-11(20-3)6-7-13(12)16/h6-8,10H,4-5,9H2,1-3H3,(H,17,18). The number of amides is 1. The lowest BCUT2D eigenvalue weighted by molar-refractivity contribution is -0.125. The minimum atomic E-state index is -0.569. The fourth-order valence-electron chi connectivity index (χ4n) is 1.76. The molecule has 0 unspecified atom stereocenters. The van der Waals surface area contributed by atoms with E-state index in [9.17, 15) is 9.59 Å². The van der Waals surface area contributed by atoms with Gasteiger partial charge in [-0.25, -0.2) is 4.79 Å². The number of carbonyl (C=O) groups excluding carboxylic acids is 2. The molecule has 0 spiro atoms. The molecule has 0 saturated heterocycles. The molecular formula is C15H20BrNO4. The molecule has 21 heavy (non-hydrogen) atoms. The molecular weight excluding hydrogens is 338 g/mol. The van der Waals surface area contributed by atoms with Crippen LogP contribution in [0.2, 0.25) is 0 Å². The number of halogens is 1. The van der Waals surface area contributed by atoms with E-state index in [1.807, 2.05) is 13.8 Å². The molecule has 0 aliphatic carbocycles. The van der Waals surface area contributed by atoms with Crippen LogP contribution >= 0.6 is 15.9 Å². The van der Waals surface area contributed by atoms with Crippen molar-refractivity contribution >= 4 is 27.8 Å². The first-order valence-corrected chi connectivity index (χ1v) is 7.61. The molecule has 5 nitrogen and oxygen atoms in total. The van der Waals surface area contributed by atoms with Gasteiger partial charge in [-0.1, -0.05) is 13.8 Å². The lowest BCUT2D eigenvalue weighted by atomic mass is 10.2. The van der Waals surface area contributed by atoms with Crippen LogP contribution in [0.1, 0.15) is 37.0 Å². The first-order chi connectivity index (χ1) is 10.0. The van der Waals surface area contributed by atoms with Crippen molar-refractivity contribution in [3.8, 4) is 5.75 Å². The van der Waals surface area contributed by atoms with Crippen LogP contribution in [0.15, 0.2) is 22.7 Å². The van der Waals surface area contributed by atoms with Crippen molar-refractivity contribution in [3.63, 3.8) is 0 Å². The lowest BCUT2D eigenvalue weighted by Crippen LogP contribution is -2.36. The number of benzene rings is 1. The number of rotatable bonds is 7. The van der Waals surface area contributed by atoms with Gasteiger partial charge in [-0.2, -0.15) is 0 Å². The van der Waals surface area contributed by atoms with Gasteiger partial charge in [0.1, 0.15) is 5.75 Å². The molecule has 0 aromatic heterocycles. The highest BCUT2D eigenvalue weighted by Crippen LogP contribution is 2.23. The van der Waals surface area contributed by atoms with Gasteiger partial charge in [-0.05, 0) is 47.0 Å². The normalized spacial score (nSPS) is 10.3. The van der Waals surface area contributed by atoms with Crippen molar-refractivity contribution in [1.82, 2.24) is 5.32 Å². The number of methoxy groups -OCH3 is 1. The van der Waals surface area contributed by atoms with Crippen molar-refractivity contribution in [1.29, 1.82) is 0 Å². The molecule has 0 fully saturated rings. The number of carbonyl (C=O) groups is 2. The average molecular weight is 358 g/mol. The Morgan fingerprint density at radius 2 is 1.95 bits per heavy atom. The quantitative estimate of drug-likeness (QED) is 0.762. The summed E-state index contributed by atoms with van der Waals surface area (Å²) < 4.78 is 10.7. The van der Waals surface area contributed by atoms with Crippen molar-refractivity contribution in [2.24, 2.45) is 0 Å². The van der Waals surface area contributed by atoms with E-state index in [1.165, 1.54) is 7.11 Å². The van der Waals surface area contributed by atoms with Crippen LogP contribution in [0.25, 0.3) is 0 Å². The number of nitrogens with one attached hydrogen (secondary N) is 1. The maximum absolute atomic E-state index is 12.0. The Hall–Kier alpha value is -1.56. The van der Waals surface area contributed by atoms with Crippen LogP contribution in [0.5, 0.6) is 5.75 Å². The van der Waals surface area contributed by atoms with Gasteiger partial charge in [0.25, 0.3) is 5.91 Å². The van der Waals surface area contributed by atoms with Crippen LogP contribution in [0.3, 0.4) is 0 Å². The third-order valence-electron chi connectivity index (χ3n) is 3.08. The summed E-state index contributed by atoms with van der Waals surface area (Å²) in [5.41, 5.74) is 0.324. The Morgan fingerprint density at radius 3 is 2.52 bits per heavy atom. The van der Waals surface area contributed by atoms with Gasteiger partial charge in [0.05, 0.1) is 12.7 Å². The van der Waals surface area contributed by atoms with Crippen molar-refractivity contribution in [2.75, 3.05) is 13.7 Å². The van der Waals surface area contributed by atoms with E-state index >= 15 is 0 Å². The summed E-state index contributed by atoms with van der Waals surface area (Å²) in [7, 11) is 1.52. The van der Waals surface area contributed by atoms with E-state index in [1.54, 1.807) is 18.2 Å². The molecule has 0 radical (unpaired) electrons. The van der Waals surface area contributed by atoms with Gasteiger partial charge in [0.15, 0.2) is 6.61 Å². The zero-order valence-electron chi connectivity index (χ0n) is 12.4. The number of ether oxygens (including phenoxy) is 2. The van der Waals surface area contributed by atoms with Crippen LogP contribution < -0.4 is 10.1 Å². The van der Waals surface area contributed by atoms with Gasteiger partial charge in [0, 0.05) is 10.5 Å². The summed E-state index contributed by atoms with van der Waals surface area (Å²) in [6, 6.07) is 5.09. The molecule has 6 heteroatoms. The lowest BCUT2D eigenvalue weighted by Gasteiger charge is -2.14. The molecule has 0 bridgehead atoms.